The third-order valence-corrected chi connectivity index (χ3v) is 4.33. The highest BCUT2D eigenvalue weighted by molar-refractivity contribution is 5.80. The van der Waals surface area contributed by atoms with Crippen molar-refractivity contribution >= 4 is 11.0 Å². The number of piperidine rings is 1. The number of nitrogens with zero attached hydrogens (tertiary/aromatic N) is 1. The highest BCUT2D eigenvalue weighted by Gasteiger charge is 2.22. The number of benzene rings is 1. The van der Waals surface area contributed by atoms with Crippen molar-refractivity contribution in [2.75, 3.05) is 13.1 Å². The molecule has 0 spiro atoms. The fraction of sp³-hybridized carbons (Fsp3) is 0.500. The molecule has 0 radical (unpaired) electrons. The molecule has 2 heterocycles. The maximum absolute atomic E-state index is 5.99. The van der Waals surface area contributed by atoms with Crippen LogP contribution in [0.4, 0.5) is 0 Å². The van der Waals surface area contributed by atoms with Gasteiger partial charge in [-0.2, -0.15) is 0 Å². The number of nitrogens with two attached hydrogens (primary N) is 1. The van der Waals surface area contributed by atoms with Crippen molar-refractivity contribution in [1.29, 1.82) is 0 Å². The molecule has 1 aliphatic rings. The minimum atomic E-state index is 0.330. The number of para-hydroxylation sites is 1. The van der Waals surface area contributed by atoms with E-state index in [1.807, 2.05) is 18.4 Å². The van der Waals surface area contributed by atoms with Crippen LogP contribution >= 0.6 is 0 Å². The molecule has 1 unspecified atom stereocenters. The first-order chi connectivity index (χ1) is 9.24. The van der Waals surface area contributed by atoms with Gasteiger partial charge in [0.15, 0.2) is 0 Å². The lowest BCUT2D eigenvalue weighted by Gasteiger charge is -2.33. The van der Waals surface area contributed by atoms with Gasteiger partial charge < -0.3 is 10.2 Å². The van der Waals surface area contributed by atoms with Crippen LogP contribution in [-0.4, -0.2) is 24.0 Å². The summed E-state index contributed by atoms with van der Waals surface area (Å²) in [6.45, 7) is 5.41. The third-order valence-electron chi connectivity index (χ3n) is 4.33. The molecule has 1 aromatic carbocycles. The van der Waals surface area contributed by atoms with Crippen molar-refractivity contribution in [3.63, 3.8) is 0 Å². The van der Waals surface area contributed by atoms with Crippen LogP contribution in [0.3, 0.4) is 0 Å². The van der Waals surface area contributed by atoms with E-state index in [0.29, 0.717) is 12.0 Å². The molecule has 1 atom stereocenters. The first-order valence-corrected chi connectivity index (χ1v) is 7.17. The lowest BCUT2D eigenvalue weighted by atomic mass is 9.91. The largest absolute Gasteiger partial charge is 0.464 e. The molecule has 1 fully saturated rings. The topological polar surface area (TPSA) is 42.4 Å². The van der Waals surface area contributed by atoms with E-state index in [1.165, 1.54) is 23.8 Å². The molecule has 3 heteroatoms. The third kappa shape index (κ3) is 2.67. The summed E-state index contributed by atoms with van der Waals surface area (Å²) in [6.07, 6.45) is 4.34. The van der Waals surface area contributed by atoms with E-state index in [1.54, 1.807) is 0 Å². The van der Waals surface area contributed by atoms with Gasteiger partial charge in [-0.3, -0.25) is 4.90 Å². The van der Waals surface area contributed by atoms with Crippen molar-refractivity contribution in [2.24, 2.45) is 11.7 Å². The first kappa shape index (κ1) is 12.7. The smallest absolute Gasteiger partial charge is 0.134 e. The monoisotopic (exact) mass is 258 g/mol. The summed E-state index contributed by atoms with van der Waals surface area (Å²) >= 11 is 0. The van der Waals surface area contributed by atoms with Crippen LogP contribution in [-0.2, 0) is 6.54 Å². The van der Waals surface area contributed by atoms with Gasteiger partial charge in [-0.05, 0) is 44.8 Å². The number of hydrogen-bond donors (Lipinski definition) is 1. The second-order valence-electron chi connectivity index (χ2n) is 5.73. The zero-order chi connectivity index (χ0) is 13.2. The van der Waals surface area contributed by atoms with Crippen LogP contribution in [0.2, 0.25) is 0 Å². The zero-order valence-electron chi connectivity index (χ0n) is 11.5. The minimum Gasteiger partial charge on any atom is -0.464 e. The summed E-state index contributed by atoms with van der Waals surface area (Å²) in [7, 11) is 0. The van der Waals surface area contributed by atoms with Crippen LogP contribution in [0.15, 0.2) is 34.9 Å². The molecule has 2 aromatic rings. The molecule has 0 saturated carbocycles. The number of furan rings is 1. The Hall–Kier alpha value is -1.32. The van der Waals surface area contributed by atoms with Gasteiger partial charge in [0.05, 0.1) is 6.26 Å². The van der Waals surface area contributed by atoms with Gasteiger partial charge in [-0.15, -0.1) is 0 Å². The van der Waals surface area contributed by atoms with Crippen LogP contribution in [0.1, 0.15) is 25.3 Å². The molecule has 3 rings (SSSR count). The number of hydrogen-bond acceptors (Lipinski definition) is 3. The number of likely N-dealkylation sites (tertiary alicyclic amines) is 1. The Morgan fingerprint density at radius 1 is 1.32 bits per heavy atom. The molecule has 0 amide bonds. The van der Waals surface area contributed by atoms with Gasteiger partial charge in [0.1, 0.15) is 5.58 Å². The lowest BCUT2D eigenvalue weighted by Crippen LogP contribution is -2.39. The van der Waals surface area contributed by atoms with Crippen molar-refractivity contribution < 1.29 is 4.42 Å². The van der Waals surface area contributed by atoms with E-state index in [4.69, 9.17) is 10.2 Å². The number of fused-ring (bicyclic) bond motifs is 1. The molecule has 102 valence electrons. The molecule has 1 saturated heterocycles. The standard InChI is InChI=1S/C16H22N2O/c1-12(17)13-6-8-18(9-7-13)10-14-11-19-16-5-3-2-4-15(14)16/h2-5,11-13H,6-10,17H2,1H3. The predicted molar refractivity (Wildman–Crippen MR) is 77.9 cm³/mol. The summed E-state index contributed by atoms with van der Waals surface area (Å²) in [4.78, 5) is 2.51. The van der Waals surface area contributed by atoms with E-state index in [-0.39, 0.29) is 0 Å². The average Bonchev–Trinajstić information content (AvgIpc) is 2.83. The average molecular weight is 258 g/mol. The molecule has 0 aliphatic carbocycles. The Bertz CT molecular complexity index is 538. The summed E-state index contributed by atoms with van der Waals surface area (Å²) in [5, 5.41) is 1.25. The van der Waals surface area contributed by atoms with Crippen LogP contribution in [0.5, 0.6) is 0 Å². The molecular formula is C16H22N2O. The molecule has 3 nitrogen and oxygen atoms in total. The van der Waals surface area contributed by atoms with Crippen LogP contribution in [0, 0.1) is 5.92 Å². The molecular weight excluding hydrogens is 236 g/mol. The van der Waals surface area contributed by atoms with E-state index < -0.39 is 0 Å². The Labute approximate surface area is 114 Å². The molecule has 1 aliphatic heterocycles. The summed E-state index contributed by atoms with van der Waals surface area (Å²) < 4.78 is 5.60. The van der Waals surface area contributed by atoms with Gasteiger partial charge in [0.25, 0.3) is 0 Å². The zero-order valence-corrected chi connectivity index (χ0v) is 11.5. The molecule has 19 heavy (non-hydrogen) atoms. The first-order valence-electron chi connectivity index (χ1n) is 7.17. The summed E-state index contributed by atoms with van der Waals surface area (Å²) in [5.41, 5.74) is 8.28. The number of rotatable bonds is 3. The fourth-order valence-electron chi connectivity index (χ4n) is 3.03. The fourth-order valence-corrected chi connectivity index (χ4v) is 3.03. The van der Waals surface area contributed by atoms with Crippen molar-refractivity contribution in [3.8, 4) is 0 Å². The quantitative estimate of drug-likeness (QED) is 0.920. The lowest BCUT2D eigenvalue weighted by molar-refractivity contribution is 0.166. The van der Waals surface area contributed by atoms with Crippen molar-refractivity contribution in [3.05, 3.63) is 36.1 Å². The summed E-state index contributed by atoms with van der Waals surface area (Å²) in [5.74, 6) is 0.692. The van der Waals surface area contributed by atoms with E-state index >= 15 is 0 Å². The van der Waals surface area contributed by atoms with Gasteiger partial charge in [0.2, 0.25) is 0 Å². The second kappa shape index (κ2) is 5.35. The van der Waals surface area contributed by atoms with E-state index in [0.717, 1.165) is 25.2 Å². The Morgan fingerprint density at radius 2 is 2.05 bits per heavy atom. The highest BCUT2D eigenvalue weighted by Crippen LogP contribution is 2.25. The van der Waals surface area contributed by atoms with Gasteiger partial charge in [-0.1, -0.05) is 18.2 Å². The Kier molecular flexibility index (Phi) is 3.58. The maximum atomic E-state index is 5.99. The Morgan fingerprint density at radius 3 is 2.79 bits per heavy atom. The van der Waals surface area contributed by atoms with Crippen molar-refractivity contribution in [2.45, 2.75) is 32.4 Å². The highest BCUT2D eigenvalue weighted by atomic mass is 16.3. The predicted octanol–water partition coefficient (Wildman–Crippen LogP) is 2.99. The van der Waals surface area contributed by atoms with Crippen molar-refractivity contribution in [1.82, 2.24) is 4.90 Å². The van der Waals surface area contributed by atoms with Gasteiger partial charge >= 0.3 is 0 Å². The van der Waals surface area contributed by atoms with Gasteiger partial charge in [-0.25, -0.2) is 0 Å². The van der Waals surface area contributed by atoms with Crippen LogP contribution < -0.4 is 5.73 Å². The van der Waals surface area contributed by atoms with E-state index in [2.05, 4.69) is 24.0 Å². The normalized spacial score (nSPS) is 19.9. The molecule has 2 N–H and O–H groups in total. The molecule has 1 aromatic heterocycles. The SMILES string of the molecule is CC(N)C1CCN(Cc2coc3ccccc23)CC1. The Balaban J connectivity index is 1.66. The van der Waals surface area contributed by atoms with Gasteiger partial charge in [0, 0.05) is 23.5 Å². The second-order valence-corrected chi connectivity index (χ2v) is 5.73. The van der Waals surface area contributed by atoms with E-state index in [9.17, 15) is 0 Å². The maximum Gasteiger partial charge on any atom is 0.134 e. The summed E-state index contributed by atoms with van der Waals surface area (Å²) in [6, 6.07) is 8.59. The molecule has 0 bridgehead atoms. The minimum absolute atomic E-state index is 0.330. The van der Waals surface area contributed by atoms with Crippen LogP contribution in [0.25, 0.3) is 11.0 Å².